The third kappa shape index (κ3) is 2.22. The average Bonchev–Trinajstić information content (AvgIpc) is 2.15. The minimum atomic E-state index is -4.26. The normalized spacial score (nSPS) is 11.4. The second kappa shape index (κ2) is 3.95. The zero-order valence-electron chi connectivity index (χ0n) is 7.60. The highest BCUT2D eigenvalue weighted by Gasteiger charge is 2.16. The molecule has 0 bridgehead atoms. The highest BCUT2D eigenvalue weighted by atomic mass is 32.2. The van der Waals surface area contributed by atoms with E-state index in [0.717, 1.165) is 0 Å². The van der Waals surface area contributed by atoms with E-state index in [-0.39, 0.29) is 17.2 Å². The molecule has 0 aliphatic heterocycles. The average molecular weight is 217 g/mol. The molecule has 1 aromatic rings. The molecule has 0 fully saturated rings. The van der Waals surface area contributed by atoms with Crippen LogP contribution < -0.4 is 10.5 Å². The molecule has 14 heavy (non-hydrogen) atoms. The van der Waals surface area contributed by atoms with Crippen LogP contribution >= 0.6 is 0 Å². The molecule has 0 atom stereocenters. The molecule has 0 heterocycles. The van der Waals surface area contributed by atoms with Crippen LogP contribution in [0.1, 0.15) is 5.56 Å². The highest BCUT2D eigenvalue weighted by Crippen LogP contribution is 2.24. The Hall–Kier alpha value is -1.11. The van der Waals surface area contributed by atoms with Gasteiger partial charge in [0.05, 0.1) is 7.11 Å². The fourth-order valence-electron chi connectivity index (χ4n) is 1.05. The van der Waals surface area contributed by atoms with Crippen molar-refractivity contribution in [3.05, 3.63) is 23.8 Å². The van der Waals surface area contributed by atoms with E-state index in [1.54, 1.807) is 6.07 Å². The molecule has 0 aromatic heterocycles. The van der Waals surface area contributed by atoms with Gasteiger partial charge in [0, 0.05) is 6.54 Å². The van der Waals surface area contributed by atoms with Gasteiger partial charge in [0.15, 0.2) is 0 Å². The monoisotopic (exact) mass is 217 g/mol. The third-order valence-corrected chi connectivity index (χ3v) is 2.62. The molecule has 78 valence electrons. The Morgan fingerprint density at radius 1 is 1.50 bits per heavy atom. The molecule has 0 saturated heterocycles. The lowest BCUT2D eigenvalue weighted by molar-refractivity contribution is 0.397. The maximum Gasteiger partial charge on any atom is 0.298 e. The number of rotatable bonds is 3. The quantitative estimate of drug-likeness (QED) is 0.715. The van der Waals surface area contributed by atoms with Crippen LogP contribution in [0.25, 0.3) is 0 Å². The number of nitrogens with two attached hydrogens (primary N) is 1. The van der Waals surface area contributed by atoms with Gasteiger partial charge in [-0.15, -0.1) is 0 Å². The summed E-state index contributed by atoms with van der Waals surface area (Å²) < 4.78 is 35.5. The zero-order valence-corrected chi connectivity index (χ0v) is 8.41. The first-order valence-corrected chi connectivity index (χ1v) is 5.27. The van der Waals surface area contributed by atoms with Crippen molar-refractivity contribution in [1.82, 2.24) is 0 Å². The van der Waals surface area contributed by atoms with Crippen molar-refractivity contribution in [1.29, 1.82) is 0 Å². The van der Waals surface area contributed by atoms with E-state index < -0.39 is 10.1 Å². The minimum Gasteiger partial charge on any atom is -0.495 e. The summed E-state index contributed by atoms with van der Waals surface area (Å²) in [6.45, 7) is 0.201. The topological polar surface area (TPSA) is 89.6 Å². The lowest BCUT2D eigenvalue weighted by Crippen LogP contribution is -2.04. The molecule has 0 radical (unpaired) electrons. The molecule has 0 unspecified atom stereocenters. The second-order valence-corrected chi connectivity index (χ2v) is 4.05. The lowest BCUT2D eigenvalue weighted by Gasteiger charge is -2.06. The largest absolute Gasteiger partial charge is 0.495 e. The Labute approximate surface area is 82.2 Å². The summed E-state index contributed by atoms with van der Waals surface area (Å²) in [5.74, 6) is 0.102. The SMILES string of the molecule is COc1ccc(CN)cc1S(=O)(=O)O. The molecule has 1 rings (SSSR count). The summed E-state index contributed by atoms with van der Waals surface area (Å²) in [6.07, 6.45) is 0. The van der Waals surface area contributed by atoms with E-state index in [2.05, 4.69) is 0 Å². The van der Waals surface area contributed by atoms with Crippen molar-refractivity contribution in [2.75, 3.05) is 7.11 Å². The summed E-state index contributed by atoms with van der Waals surface area (Å²) in [6, 6.07) is 4.37. The van der Waals surface area contributed by atoms with E-state index in [1.165, 1.54) is 19.2 Å². The van der Waals surface area contributed by atoms with Crippen LogP contribution in [0.5, 0.6) is 5.75 Å². The first-order valence-electron chi connectivity index (χ1n) is 3.83. The van der Waals surface area contributed by atoms with Crippen LogP contribution in [0.15, 0.2) is 23.1 Å². The fourth-order valence-corrected chi connectivity index (χ4v) is 1.76. The number of methoxy groups -OCH3 is 1. The third-order valence-electron chi connectivity index (χ3n) is 1.74. The molecule has 6 heteroatoms. The van der Waals surface area contributed by atoms with Gasteiger partial charge in [-0.3, -0.25) is 4.55 Å². The molecule has 0 saturated carbocycles. The van der Waals surface area contributed by atoms with E-state index >= 15 is 0 Å². The van der Waals surface area contributed by atoms with E-state index in [4.69, 9.17) is 15.0 Å². The lowest BCUT2D eigenvalue weighted by atomic mass is 10.2. The number of hydrogen-bond acceptors (Lipinski definition) is 4. The van der Waals surface area contributed by atoms with Gasteiger partial charge in [-0.1, -0.05) is 6.07 Å². The smallest absolute Gasteiger partial charge is 0.298 e. The maximum absolute atomic E-state index is 10.9. The predicted molar refractivity (Wildman–Crippen MR) is 50.7 cm³/mol. The van der Waals surface area contributed by atoms with Crippen molar-refractivity contribution in [3.63, 3.8) is 0 Å². The number of hydrogen-bond donors (Lipinski definition) is 2. The molecule has 0 aliphatic rings. The standard InChI is InChI=1S/C8H11NO4S/c1-13-7-3-2-6(5-9)4-8(7)14(10,11)12/h2-4H,5,9H2,1H3,(H,10,11,12). The molecule has 5 nitrogen and oxygen atoms in total. The van der Waals surface area contributed by atoms with Crippen LogP contribution in [0.3, 0.4) is 0 Å². The van der Waals surface area contributed by atoms with Crippen molar-refractivity contribution < 1.29 is 17.7 Å². The summed E-state index contributed by atoms with van der Waals surface area (Å²) in [7, 11) is -2.93. The van der Waals surface area contributed by atoms with E-state index in [1.807, 2.05) is 0 Å². The molecule has 0 spiro atoms. The fraction of sp³-hybridized carbons (Fsp3) is 0.250. The van der Waals surface area contributed by atoms with Gasteiger partial charge in [-0.25, -0.2) is 0 Å². The van der Waals surface area contributed by atoms with Gasteiger partial charge in [-0.05, 0) is 17.7 Å². The second-order valence-electron chi connectivity index (χ2n) is 2.66. The van der Waals surface area contributed by atoms with Crippen molar-refractivity contribution in [3.8, 4) is 5.75 Å². The first-order chi connectivity index (χ1) is 6.49. The summed E-state index contributed by atoms with van der Waals surface area (Å²) in [5.41, 5.74) is 5.95. The van der Waals surface area contributed by atoms with Gasteiger partial charge in [0.25, 0.3) is 10.1 Å². The summed E-state index contributed by atoms with van der Waals surface area (Å²) >= 11 is 0. The summed E-state index contributed by atoms with van der Waals surface area (Å²) in [5, 5.41) is 0. The van der Waals surface area contributed by atoms with Crippen LogP contribution in [0, 0.1) is 0 Å². The molecular weight excluding hydrogens is 206 g/mol. The molecule has 0 amide bonds. The van der Waals surface area contributed by atoms with Gasteiger partial charge >= 0.3 is 0 Å². The number of benzene rings is 1. The Balaban J connectivity index is 3.37. The van der Waals surface area contributed by atoms with Crippen molar-refractivity contribution >= 4 is 10.1 Å². The van der Waals surface area contributed by atoms with Crippen molar-refractivity contribution in [2.45, 2.75) is 11.4 Å². The van der Waals surface area contributed by atoms with Crippen LogP contribution in [0.2, 0.25) is 0 Å². The molecule has 1 aromatic carbocycles. The van der Waals surface area contributed by atoms with Crippen LogP contribution in [-0.2, 0) is 16.7 Å². The Kier molecular flexibility index (Phi) is 3.10. The number of ether oxygens (including phenoxy) is 1. The van der Waals surface area contributed by atoms with Gasteiger partial charge in [0.1, 0.15) is 10.6 Å². The van der Waals surface area contributed by atoms with Crippen LogP contribution in [0.4, 0.5) is 0 Å². The maximum atomic E-state index is 10.9. The molecule has 3 N–H and O–H groups in total. The van der Waals surface area contributed by atoms with E-state index in [9.17, 15) is 8.42 Å². The van der Waals surface area contributed by atoms with Crippen molar-refractivity contribution in [2.24, 2.45) is 5.73 Å². The van der Waals surface area contributed by atoms with Gasteiger partial charge in [0.2, 0.25) is 0 Å². The zero-order chi connectivity index (χ0) is 10.8. The Bertz CT molecular complexity index is 427. The minimum absolute atomic E-state index is 0.102. The first kappa shape index (κ1) is 11.0. The molecular formula is C8H11NO4S. The molecule has 0 aliphatic carbocycles. The Morgan fingerprint density at radius 3 is 2.57 bits per heavy atom. The van der Waals surface area contributed by atoms with Gasteiger partial charge in [-0.2, -0.15) is 8.42 Å². The van der Waals surface area contributed by atoms with E-state index in [0.29, 0.717) is 5.56 Å². The van der Waals surface area contributed by atoms with Gasteiger partial charge < -0.3 is 10.5 Å². The van der Waals surface area contributed by atoms with Crippen LogP contribution in [-0.4, -0.2) is 20.1 Å². The summed E-state index contributed by atoms with van der Waals surface area (Å²) in [4.78, 5) is -0.261. The predicted octanol–water partition coefficient (Wildman–Crippen LogP) is 0.401. The highest BCUT2D eigenvalue weighted by molar-refractivity contribution is 7.86. The Morgan fingerprint density at radius 2 is 2.14 bits per heavy atom.